The molecule has 2 rings (SSSR count). The highest BCUT2D eigenvalue weighted by Crippen LogP contribution is 2.36. The van der Waals surface area contributed by atoms with Crippen molar-refractivity contribution in [2.45, 2.75) is 31.7 Å². The number of hydrogen-bond donors (Lipinski definition) is 4. The van der Waals surface area contributed by atoms with Crippen LogP contribution in [0, 0.1) is 0 Å². The Morgan fingerprint density at radius 3 is 2.35 bits per heavy atom. The number of carbonyl (C=O) groups excluding carboxylic acids is 2. The van der Waals surface area contributed by atoms with E-state index in [1.165, 1.54) is 12.5 Å². The number of nitrogens with one attached hydrogen (secondary N) is 1. The quantitative estimate of drug-likeness (QED) is 0.219. The highest BCUT2D eigenvalue weighted by atomic mass is 31.2. The Morgan fingerprint density at radius 1 is 1.13 bits per heavy atom. The van der Waals surface area contributed by atoms with Gasteiger partial charge in [-0.1, -0.05) is 24.3 Å². The predicted molar refractivity (Wildman–Crippen MR) is 116 cm³/mol. The van der Waals surface area contributed by atoms with Crippen molar-refractivity contribution in [2.75, 3.05) is 18.5 Å². The topological polar surface area (TPSA) is 148 Å². The molecule has 0 aliphatic rings. The minimum absolute atomic E-state index is 0.462. The number of anilines is 1. The second-order valence-electron chi connectivity index (χ2n) is 7.32. The molecule has 1 amide bonds. The molecule has 0 unspecified atom stereocenters. The number of aryl methyl sites for hydroxylation is 1. The van der Waals surface area contributed by atoms with Gasteiger partial charge in [-0.15, -0.1) is 0 Å². The van der Waals surface area contributed by atoms with Gasteiger partial charge in [-0.05, 0) is 56.0 Å². The zero-order valence-corrected chi connectivity index (χ0v) is 18.1. The Kier molecular flexibility index (Phi) is 8.91. The van der Waals surface area contributed by atoms with Crippen LogP contribution in [0.1, 0.15) is 35.7 Å². The summed E-state index contributed by atoms with van der Waals surface area (Å²) in [5.41, 5.74) is 6.45. The third-order valence-corrected chi connectivity index (χ3v) is 4.87. The number of benzene rings is 2. The number of aldehydes is 1. The van der Waals surface area contributed by atoms with Crippen LogP contribution in [0.15, 0.2) is 48.5 Å². The molecule has 0 aromatic heterocycles. The Bertz CT molecular complexity index is 908. The normalized spacial score (nSPS) is 13.3. The van der Waals surface area contributed by atoms with Gasteiger partial charge in [0.05, 0.1) is 13.2 Å². The Labute approximate surface area is 180 Å². The van der Waals surface area contributed by atoms with E-state index in [-0.39, 0.29) is 0 Å². The fraction of sp³-hybridized carbons (Fsp3) is 0.333. The third kappa shape index (κ3) is 9.00. The molecule has 0 bridgehead atoms. The van der Waals surface area contributed by atoms with Crippen LogP contribution in [0.3, 0.4) is 0 Å². The fourth-order valence-corrected chi connectivity index (χ4v) is 3.01. The molecule has 0 fully saturated rings. The molecule has 0 saturated heterocycles. The number of nitrogens with two attached hydrogens (primary N) is 1. The fourth-order valence-electron chi connectivity index (χ4n) is 2.58. The molecule has 0 spiro atoms. The van der Waals surface area contributed by atoms with Crippen molar-refractivity contribution >= 4 is 25.7 Å². The van der Waals surface area contributed by atoms with Crippen LogP contribution in [0.4, 0.5) is 5.69 Å². The molecular formula is C21H27N2O7P. The SMILES string of the molecule is C[C@](N)(COP(=O)(O)O)C(=O)Nc1ccc(OCCCCc2ccc(C=O)cc2)cc1. The van der Waals surface area contributed by atoms with Gasteiger partial charge in [-0.2, -0.15) is 0 Å². The molecule has 168 valence electrons. The lowest BCUT2D eigenvalue weighted by Gasteiger charge is -2.23. The van der Waals surface area contributed by atoms with E-state index in [0.29, 0.717) is 23.6 Å². The maximum atomic E-state index is 12.2. The van der Waals surface area contributed by atoms with Crippen molar-refractivity contribution in [1.29, 1.82) is 0 Å². The molecule has 1 atom stereocenters. The van der Waals surface area contributed by atoms with Crippen LogP contribution < -0.4 is 15.8 Å². The molecule has 10 heteroatoms. The number of phosphoric ester groups is 1. The maximum absolute atomic E-state index is 12.2. The molecule has 31 heavy (non-hydrogen) atoms. The molecule has 2 aromatic carbocycles. The number of unbranched alkanes of at least 4 members (excludes halogenated alkanes) is 1. The van der Waals surface area contributed by atoms with E-state index in [9.17, 15) is 14.2 Å². The van der Waals surface area contributed by atoms with E-state index in [1.54, 1.807) is 36.4 Å². The van der Waals surface area contributed by atoms with Crippen molar-refractivity contribution in [3.63, 3.8) is 0 Å². The molecular weight excluding hydrogens is 423 g/mol. The lowest BCUT2D eigenvalue weighted by Crippen LogP contribution is -2.52. The third-order valence-electron chi connectivity index (χ3n) is 4.41. The summed E-state index contributed by atoms with van der Waals surface area (Å²) in [7, 11) is -4.72. The molecule has 0 heterocycles. The highest BCUT2D eigenvalue weighted by molar-refractivity contribution is 7.46. The van der Waals surface area contributed by atoms with Crippen LogP contribution in [0.2, 0.25) is 0 Å². The van der Waals surface area contributed by atoms with E-state index in [1.807, 2.05) is 12.1 Å². The average Bonchev–Trinajstić information content (AvgIpc) is 2.73. The summed E-state index contributed by atoms with van der Waals surface area (Å²) in [5.74, 6) is 0.00414. The van der Waals surface area contributed by atoms with Crippen molar-refractivity contribution in [1.82, 2.24) is 0 Å². The monoisotopic (exact) mass is 450 g/mol. The number of amides is 1. The van der Waals surface area contributed by atoms with E-state index in [2.05, 4.69) is 9.84 Å². The second-order valence-corrected chi connectivity index (χ2v) is 8.56. The smallest absolute Gasteiger partial charge is 0.469 e. The summed E-state index contributed by atoms with van der Waals surface area (Å²) in [4.78, 5) is 40.4. The lowest BCUT2D eigenvalue weighted by molar-refractivity contribution is -0.121. The van der Waals surface area contributed by atoms with Crippen LogP contribution in [-0.2, 0) is 20.3 Å². The molecule has 0 radical (unpaired) electrons. The van der Waals surface area contributed by atoms with Crippen molar-refractivity contribution in [2.24, 2.45) is 5.73 Å². The van der Waals surface area contributed by atoms with E-state index in [4.69, 9.17) is 20.3 Å². The number of phosphoric acid groups is 1. The van der Waals surface area contributed by atoms with Gasteiger partial charge in [0.2, 0.25) is 5.91 Å². The number of hydrogen-bond acceptors (Lipinski definition) is 6. The van der Waals surface area contributed by atoms with Crippen LogP contribution >= 0.6 is 7.82 Å². The number of ether oxygens (including phenoxy) is 1. The molecule has 2 aromatic rings. The molecule has 0 saturated carbocycles. The lowest BCUT2D eigenvalue weighted by atomic mass is 10.0. The maximum Gasteiger partial charge on any atom is 0.469 e. The van der Waals surface area contributed by atoms with E-state index >= 15 is 0 Å². The largest absolute Gasteiger partial charge is 0.494 e. The van der Waals surface area contributed by atoms with Gasteiger partial charge in [-0.25, -0.2) is 4.57 Å². The van der Waals surface area contributed by atoms with E-state index < -0.39 is 25.9 Å². The Hall–Kier alpha value is -2.55. The zero-order chi connectivity index (χ0) is 22.9. The Balaban J connectivity index is 1.72. The van der Waals surface area contributed by atoms with Crippen LogP contribution in [0.5, 0.6) is 5.75 Å². The minimum atomic E-state index is -4.72. The van der Waals surface area contributed by atoms with Crippen molar-refractivity contribution in [3.05, 3.63) is 59.7 Å². The molecule has 0 aliphatic carbocycles. The standard InChI is InChI=1S/C21H27N2O7P/c1-21(22,15-30-31(26,27)28)20(25)23-18-9-11-19(12-10-18)29-13-3-2-4-16-5-7-17(14-24)8-6-16/h5-12,14H,2-4,13,15,22H2,1H3,(H,23,25)(H2,26,27,28)/t21-/m0/s1. The van der Waals surface area contributed by atoms with Gasteiger partial charge in [0, 0.05) is 11.3 Å². The summed E-state index contributed by atoms with van der Waals surface area (Å²) < 4.78 is 20.8. The summed E-state index contributed by atoms with van der Waals surface area (Å²) in [6.45, 7) is 1.22. The van der Waals surface area contributed by atoms with E-state index in [0.717, 1.165) is 25.5 Å². The summed E-state index contributed by atoms with van der Waals surface area (Å²) in [5, 5.41) is 2.57. The highest BCUT2D eigenvalue weighted by Gasteiger charge is 2.32. The summed E-state index contributed by atoms with van der Waals surface area (Å²) in [6.07, 6.45) is 3.53. The average molecular weight is 450 g/mol. The van der Waals surface area contributed by atoms with Crippen LogP contribution in [-0.4, -0.2) is 40.7 Å². The van der Waals surface area contributed by atoms with Gasteiger partial charge >= 0.3 is 7.82 Å². The summed E-state index contributed by atoms with van der Waals surface area (Å²) >= 11 is 0. The first-order valence-electron chi connectivity index (χ1n) is 9.66. The minimum Gasteiger partial charge on any atom is -0.494 e. The van der Waals surface area contributed by atoms with Crippen molar-refractivity contribution in [3.8, 4) is 5.75 Å². The number of carbonyl (C=O) groups is 2. The van der Waals surface area contributed by atoms with Crippen LogP contribution in [0.25, 0.3) is 0 Å². The first-order valence-corrected chi connectivity index (χ1v) is 11.2. The molecule has 9 nitrogen and oxygen atoms in total. The van der Waals surface area contributed by atoms with Gasteiger partial charge < -0.3 is 25.6 Å². The van der Waals surface area contributed by atoms with Gasteiger partial charge in [0.25, 0.3) is 0 Å². The van der Waals surface area contributed by atoms with Gasteiger partial charge in [0.15, 0.2) is 0 Å². The predicted octanol–water partition coefficient (Wildman–Crippen LogP) is 2.67. The Morgan fingerprint density at radius 2 is 1.77 bits per heavy atom. The first-order chi connectivity index (χ1) is 14.6. The molecule has 0 aliphatic heterocycles. The number of rotatable bonds is 12. The zero-order valence-electron chi connectivity index (χ0n) is 17.2. The first kappa shape index (κ1) is 24.7. The van der Waals surface area contributed by atoms with Gasteiger partial charge in [-0.3, -0.25) is 14.1 Å². The summed E-state index contributed by atoms with van der Waals surface area (Å²) in [6, 6.07) is 14.2. The van der Waals surface area contributed by atoms with Crippen molar-refractivity contribution < 1.29 is 33.2 Å². The van der Waals surface area contributed by atoms with Gasteiger partial charge in [0.1, 0.15) is 17.6 Å². The second kappa shape index (κ2) is 11.2. The molecule has 5 N–H and O–H groups in total.